The molecule has 0 saturated carbocycles. The Morgan fingerprint density at radius 1 is 1.22 bits per heavy atom. The van der Waals surface area contributed by atoms with Gasteiger partial charge in [0.25, 0.3) is 0 Å². The summed E-state index contributed by atoms with van der Waals surface area (Å²) in [4.78, 5) is 22.6. The molecule has 0 saturated heterocycles. The fourth-order valence-corrected chi connectivity index (χ4v) is 1.89. The number of Topliss-reactive ketones (excluding diaryl/α,β-unsaturated/α-hetero) is 1. The van der Waals surface area contributed by atoms with Gasteiger partial charge in [0, 0.05) is 6.42 Å². The van der Waals surface area contributed by atoms with Crippen LogP contribution in [-0.2, 0) is 4.79 Å². The first kappa shape index (κ1) is 12.4. The number of furan rings is 2. The summed E-state index contributed by atoms with van der Waals surface area (Å²) in [5.74, 6) is 0.441. The highest BCUT2D eigenvalue weighted by molar-refractivity contribution is 5.98. The number of unbranched alkanes of at least 4 members (excludes halogenated alkanes) is 1. The van der Waals surface area contributed by atoms with Crippen LogP contribution in [0.25, 0.3) is 0 Å². The minimum absolute atomic E-state index is 0.110. The molecule has 1 unspecified atom stereocenters. The molecule has 2 rings (SSSR count). The number of ketones is 1. The van der Waals surface area contributed by atoms with Gasteiger partial charge in [0.15, 0.2) is 5.76 Å². The first-order chi connectivity index (χ1) is 8.83. The summed E-state index contributed by atoms with van der Waals surface area (Å²) in [6.07, 6.45) is 5.54. The van der Waals surface area contributed by atoms with Crippen molar-refractivity contribution in [3.05, 3.63) is 48.3 Å². The average molecular weight is 246 g/mol. The van der Waals surface area contributed by atoms with Crippen LogP contribution in [0.1, 0.15) is 41.5 Å². The maximum Gasteiger partial charge on any atom is 0.208 e. The molecule has 0 amide bonds. The first-order valence-corrected chi connectivity index (χ1v) is 5.87. The molecule has 0 aliphatic carbocycles. The van der Waals surface area contributed by atoms with E-state index >= 15 is 0 Å². The molecule has 4 heteroatoms. The molecule has 2 aromatic heterocycles. The second-order valence-corrected chi connectivity index (χ2v) is 4.01. The summed E-state index contributed by atoms with van der Waals surface area (Å²) in [6, 6.07) is 6.83. The standard InChI is InChI=1S/C14H14O4/c15-8-2-1-5-11(12-6-3-9-17-12)14(16)13-7-4-10-18-13/h3-4,6-11H,1-2,5H2. The number of carbonyl (C=O) groups excluding carboxylic acids is 2. The van der Waals surface area contributed by atoms with E-state index in [1.165, 1.54) is 12.5 Å². The lowest BCUT2D eigenvalue weighted by atomic mass is 9.93. The third-order valence-corrected chi connectivity index (χ3v) is 2.78. The summed E-state index contributed by atoms with van der Waals surface area (Å²) in [7, 11) is 0. The Kier molecular flexibility index (Phi) is 4.12. The van der Waals surface area contributed by atoms with Crippen molar-refractivity contribution < 1.29 is 18.4 Å². The van der Waals surface area contributed by atoms with Gasteiger partial charge in [-0.1, -0.05) is 0 Å². The molecule has 0 N–H and O–H groups in total. The SMILES string of the molecule is O=CCCCC(C(=O)c1ccco1)c1ccco1. The molecular weight excluding hydrogens is 232 g/mol. The van der Waals surface area contributed by atoms with Gasteiger partial charge < -0.3 is 13.6 Å². The Morgan fingerprint density at radius 2 is 2.00 bits per heavy atom. The summed E-state index contributed by atoms with van der Waals surface area (Å²) in [5.41, 5.74) is 0. The molecule has 0 fully saturated rings. The van der Waals surface area contributed by atoms with Gasteiger partial charge >= 0.3 is 0 Å². The van der Waals surface area contributed by atoms with Crippen molar-refractivity contribution in [1.29, 1.82) is 0 Å². The van der Waals surface area contributed by atoms with Gasteiger partial charge in [0.2, 0.25) is 5.78 Å². The lowest BCUT2D eigenvalue weighted by Crippen LogP contribution is -2.12. The fraction of sp³-hybridized carbons (Fsp3) is 0.286. The minimum atomic E-state index is -0.383. The van der Waals surface area contributed by atoms with E-state index in [0.717, 1.165) is 6.29 Å². The normalized spacial score (nSPS) is 12.2. The molecule has 0 bridgehead atoms. The number of hydrogen-bond acceptors (Lipinski definition) is 4. The van der Waals surface area contributed by atoms with Crippen LogP contribution in [0, 0.1) is 0 Å². The van der Waals surface area contributed by atoms with E-state index in [1.54, 1.807) is 24.3 Å². The van der Waals surface area contributed by atoms with Gasteiger partial charge in [0.05, 0.1) is 18.4 Å². The molecule has 0 aromatic carbocycles. The van der Waals surface area contributed by atoms with E-state index in [0.29, 0.717) is 30.8 Å². The second kappa shape index (κ2) is 6.00. The van der Waals surface area contributed by atoms with E-state index in [1.807, 2.05) is 0 Å². The molecule has 0 aliphatic heterocycles. The molecule has 1 atom stereocenters. The van der Waals surface area contributed by atoms with Gasteiger partial charge in [-0.05, 0) is 37.1 Å². The van der Waals surface area contributed by atoms with Gasteiger partial charge in [-0.25, -0.2) is 0 Å². The van der Waals surface area contributed by atoms with E-state index in [2.05, 4.69) is 0 Å². The van der Waals surface area contributed by atoms with Crippen LogP contribution in [0.4, 0.5) is 0 Å². The summed E-state index contributed by atoms with van der Waals surface area (Å²) in [5, 5.41) is 0. The van der Waals surface area contributed by atoms with E-state index < -0.39 is 0 Å². The van der Waals surface area contributed by atoms with Gasteiger partial charge in [-0.2, -0.15) is 0 Å². The fourth-order valence-electron chi connectivity index (χ4n) is 1.89. The largest absolute Gasteiger partial charge is 0.469 e. The van der Waals surface area contributed by atoms with Crippen molar-refractivity contribution in [2.75, 3.05) is 0 Å². The Bertz CT molecular complexity index is 482. The molecule has 0 spiro atoms. The van der Waals surface area contributed by atoms with Gasteiger partial charge in [-0.3, -0.25) is 4.79 Å². The van der Waals surface area contributed by atoms with Crippen LogP contribution in [0.15, 0.2) is 45.6 Å². The van der Waals surface area contributed by atoms with E-state index in [9.17, 15) is 9.59 Å². The third kappa shape index (κ3) is 2.77. The Labute approximate surface area is 105 Å². The maximum absolute atomic E-state index is 12.3. The van der Waals surface area contributed by atoms with Crippen molar-refractivity contribution in [2.45, 2.75) is 25.2 Å². The molecule has 2 aromatic rings. The zero-order valence-corrected chi connectivity index (χ0v) is 9.87. The number of carbonyl (C=O) groups is 2. The van der Waals surface area contributed by atoms with Gasteiger partial charge in [-0.15, -0.1) is 0 Å². The Morgan fingerprint density at radius 3 is 2.61 bits per heavy atom. The molecule has 0 aliphatic rings. The monoisotopic (exact) mass is 246 g/mol. The zero-order valence-electron chi connectivity index (χ0n) is 9.87. The molecule has 4 nitrogen and oxygen atoms in total. The van der Waals surface area contributed by atoms with Crippen LogP contribution in [0.3, 0.4) is 0 Å². The molecule has 94 valence electrons. The summed E-state index contributed by atoms with van der Waals surface area (Å²) in [6.45, 7) is 0. The van der Waals surface area contributed by atoms with Crippen molar-refractivity contribution in [3.8, 4) is 0 Å². The maximum atomic E-state index is 12.3. The lowest BCUT2D eigenvalue weighted by Gasteiger charge is -2.10. The smallest absolute Gasteiger partial charge is 0.208 e. The van der Waals surface area contributed by atoms with Crippen molar-refractivity contribution in [1.82, 2.24) is 0 Å². The minimum Gasteiger partial charge on any atom is -0.469 e. The van der Waals surface area contributed by atoms with Crippen LogP contribution < -0.4 is 0 Å². The van der Waals surface area contributed by atoms with Crippen LogP contribution in [-0.4, -0.2) is 12.1 Å². The van der Waals surface area contributed by atoms with Crippen LogP contribution >= 0.6 is 0 Å². The quantitative estimate of drug-likeness (QED) is 0.427. The zero-order chi connectivity index (χ0) is 12.8. The Hall–Kier alpha value is -2.10. The average Bonchev–Trinajstić information content (AvgIpc) is 3.05. The Balaban J connectivity index is 2.14. The van der Waals surface area contributed by atoms with E-state index in [-0.39, 0.29) is 11.7 Å². The summed E-state index contributed by atoms with van der Waals surface area (Å²) >= 11 is 0. The third-order valence-electron chi connectivity index (χ3n) is 2.78. The highest BCUT2D eigenvalue weighted by Gasteiger charge is 2.25. The highest BCUT2D eigenvalue weighted by Crippen LogP contribution is 2.26. The predicted molar refractivity (Wildman–Crippen MR) is 64.4 cm³/mol. The van der Waals surface area contributed by atoms with Crippen molar-refractivity contribution in [2.24, 2.45) is 0 Å². The molecule has 0 radical (unpaired) electrons. The number of aldehydes is 1. The lowest BCUT2D eigenvalue weighted by molar-refractivity contribution is -0.107. The molecular formula is C14H14O4. The first-order valence-electron chi connectivity index (χ1n) is 5.87. The van der Waals surface area contributed by atoms with Crippen molar-refractivity contribution in [3.63, 3.8) is 0 Å². The van der Waals surface area contributed by atoms with Crippen LogP contribution in [0.5, 0.6) is 0 Å². The number of hydrogen-bond donors (Lipinski definition) is 0. The highest BCUT2D eigenvalue weighted by atomic mass is 16.3. The summed E-state index contributed by atoms with van der Waals surface area (Å²) < 4.78 is 10.4. The second-order valence-electron chi connectivity index (χ2n) is 4.01. The molecule has 18 heavy (non-hydrogen) atoms. The van der Waals surface area contributed by atoms with Crippen molar-refractivity contribution >= 4 is 12.1 Å². The molecule has 2 heterocycles. The van der Waals surface area contributed by atoms with Gasteiger partial charge in [0.1, 0.15) is 12.0 Å². The van der Waals surface area contributed by atoms with E-state index in [4.69, 9.17) is 8.83 Å². The van der Waals surface area contributed by atoms with Crippen LogP contribution in [0.2, 0.25) is 0 Å². The number of rotatable bonds is 7. The predicted octanol–water partition coefficient (Wildman–Crippen LogP) is 3.21. The topological polar surface area (TPSA) is 60.4 Å².